The molecule has 0 aromatic heterocycles. The van der Waals surface area contributed by atoms with Crippen LogP contribution in [0.1, 0.15) is 38.2 Å². The van der Waals surface area contributed by atoms with Gasteiger partial charge >= 0.3 is 0 Å². The summed E-state index contributed by atoms with van der Waals surface area (Å²) in [5.41, 5.74) is 1.23. The van der Waals surface area contributed by atoms with Crippen molar-refractivity contribution in [1.29, 1.82) is 0 Å². The van der Waals surface area contributed by atoms with Crippen molar-refractivity contribution < 1.29 is 14.3 Å². The highest BCUT2D eigenvalue weighted by molar-refractivity contribution is 5.80. The topological polar surface area (TPSA) is 47.6 Å². The molecule has 4 heteroatoms. The second-order valence-corrected chi connectivity index (χ2v) is 7.25. The van der Waals surface area contributed by atoms with Gasteiger partial charge in [-0.2, -0.15) is 0 Å². The molecule has 1 aliphatic carbocycles. The highest BCUT2D eigenvalue weighted by Gasteiger charge is 2.45. The summed E-state index contributed by atoms with van der Waals surface area (Å²) in [5, 5.41) is 3.12. The zero-order valence-corrected chi connectivity index (χ0v) is 14.1. The van der Waals surface area contributed by atoms with Gasteiger partial charge in [0.1, 0.15) is 0 Å². The predicted molar refractivity (Wildman–Crippen MR) is 89.3 cm³/mol. The minimum absolute atomic E-state index is 0.119. The molecule has 0 unspecified atom stereocenters. The predicted octanol–water partition coefficient (Wildman–Crippen LogP) is 2.67. The standard InChI is InChI=1S/C19H27NO3/c1-18(16-6-4-3-5-7-16)12-15(13-18)17(21)20-14-19(22-2)8-10-23-11-9-19/h3-7,15H,8-14H2,1-2H3,(H,20,21). The fourth-order valence-electron chi connectivity index (χ4n) is 3.88. The molecule has 1 aliphatic heterocycles. The molecule has 2 aliphatic rings. The first-order valence-corrected chi connectivity index (χ1v) is 8.53. The van der Waals surface area contributed by atoms with Crippen LogP contribution in [0, 0.1) is 5.92 Å². The number of ether oxygens (including phenoxy) is 2. The van der Waals surface area contributed by atoms with E-state index in [1.807, 2.05) is 6.07 Å². The number of hydrogen-bond donors (Lipinski definition) is 1. The number of methoxy groups -OCH3 is 1. The number of amides is 1. The normalized spacial score (nSPS) is 29.6. The van der Waals surface area contributed by atoms with Gasteiger partial charge in [0, 0.05) is 45.6 Å². The van der Waals surface area contributed by atoms with Crippen LogP contribution in [0.5, 0.6) is 0 Å². The molecule has 23 heavy (non-hydrogen) atoms. The molecule has 1 aromatic rings. The fourth-order valence-corrected chi connectivity index (χ4v) is 3.88. The Bertz CT molecular complexity index is 531. The Labute approximate surface area is 138 Å². The number of hydrogen-bond acceptors (Lipinski definition) is 3. The van der Waals surface area contributed by atoms with Gasteiger partial charge in [0.15, 0.2) is 0 Å². The van der Waals surface area contributed by atoms with E-state index < -0.39 is 0 Å². The van der Waals surface area contributed by atoms with Gasteiger partial charge in [-0.1, -0.05) is 37.3 Å². The first-order chi connectivity index (χ1) is 11.1. The average Bonchev–Trinajstić information content (AvgIpc) is 2.58. The summed E-state index contributed by atoms with van der Waals surface area (Å²) >= 11 is 0. The highest BCUT2D eigenvalue weighted by atomic mass is 16.5. The van der Waals surface area contributed by atoms with Crippen LogP contribution < -0.4 is 5.32 Å². The van der Waals surface area contributed by atoms with E-state index in [-0.39, 0.29) is 22.8 Å². The SMILES string of the molecule is COC1(CNC(=O)C2CC(C)(c3ccccc3)C2)CCOCC1. The first kappa shape index (κ1) is 16.5. The zero-order valence-electron chi connectivity index (χ0n) is 14.1. The van der Waals surface area contributed by atoms with Crippen LogP contribution >= 0.6 is 0 Å². The molecule has 1 N–H and O–H groups in total. The van der Waals surface area contributed by atoms with Gasteiger partial charge in [0.25, 0.3) is 0 Å². The van der Waals surface area contributed by atoms with Crippen molar-refractivity contribution in [2.45, 2.75) is 43.6 Å². The lowest BCUT2D eigenvalue weighted by molar-refractivity contribution is -0.133. The van der Waals surface area contributed by atoms with Crippen LogP contribution in [0.4, 0.5) is 0 Å². The largest absolute Gasteiger partial charge is 0.381 e. The van der Waals surface area contributed by atoms with Crippen molar-refractivity contribution in [2.24, 2.45) is 5.92 Å². The molecule has 0 atom stereocenters. The van der Waals surface area contributed by atoms with Crippen molar-refractivity contribution in [2.75, 3.05) is 26.9 Å². The summed E-state index contributed by atoms with van der Waals surface area (Å²) in [6, 6.07) is 10.5. The molecule has 1 heterocycles. The van der Waals surface area contributed by atoms with Crippen molar-refractivity contribution in [3.63, 3.8) is 0 Å². The molecule has 0 spiro atoms. The Kier molecular flexibility index (Phi) is 4.74. The first-order valence-electron chi connectivity index (χ1n) is 8.53. The Balaban J connectivity index is 1.51. The van der Waals surface area contributed by atoms with E-state index in [9.17, 15) is 4.79 Å². The Morgan fingerprint density at radius 3 is 2.52 bits per heavy atom. The zero-order chi connectivity index (χ0) is 16.3. The van der Waals surface area contributed by atoms with Crippen LogP contribution in [-0.2, 0) is 19.7 Å². The Morgan fingerprint density at radius 1 is 1.26 bits per heavy atom. The molecule has 1 saturated heterocycles. The summed E-state index contributed by atoms with van der Waals surface area (Å²) in [6.45, 7) is 4.25. The maximum absolute atomic E-state index is 12.4. The lowest BCUT2D eigenvalue weighted by Crippen LogP contribution is -2.52. The maximum Gasteiger partial charge on any atom is 0.223 e. The van der Waals surface area contributed by atoms with Gasteiger partial charge < -0.3 is 14.8 Å². The smallest absolute Gasteiger partial charge is 0.223 e. The van der Waals surface area contributed by atoms with Crippen LogP contribution in [-0.4, -0.2) is 38.4 Å². The molecule has 2 fully saturated rings. The monoisotopic (exact) mass is 317 g/mol. The van der Waals surface area contributed by atoms with Crippen LogP contribution in [0.2, 0.25) is 0 Å². The number of benzene rings is 1. The van der Waals surface area contributed by atoms with Crippen molar-refractivity contribution >= 4 is 5.91 Å². The summed E-state index contributed by atoms with van der Waals surface area (Å²) in [4.78, 5) is 12.4. The minimum atomic E-state index is -0.250. The third kappa shape index (κ3) is 3.43. The van der Waals surface area contributed by atoms with E-state index in [1.165, 1.54) is 5.56 Å². The van der Waals surface area contributed by atoms with Gasteiger partial charge in [-0.25, -0.2) is 0 Å². The van der Waals surface area contributed by atoms with E-state index in [2.05, 4.69) is 36.5 Å². The number of carbonyl (C=O) groups excluding carboxylic acids is 1. The quantitative estimate of drug-likeness (QED) is 0.908. The van der Waals surface area contributed by atoms with E-state index in [1.54, 1.807) is 7.11 Å². The molecular weight excluding hydrogens is 290 g/mol. The average molecular weight is 317 g/mol. The molecule has 1 saturated carbocycles. The second kappa shape index (κ2) is 6.62. The van der Waals surface area contributed by atoms with Crippen molar-refractivity contribution in [1.82, 2.24) is 5.32 Å². The molecule has 1 amide bonds. The molecule has 0 radical (unpaired) electrons. The lowest BCUT2D eigenvalue weighted by Gasteiger charge is -2.45. The summed E-state index contributed by atoms with van der Waals surface area (Å²) in [6.07, 6.45) is 3.53. The molecule has 0 bridgehead atoms. The number of rotatable bonds is 5. The van der Waals surface area contributed by atoms with Crippen molar-refractivity contribution in [3.05, 3.63) is 35.9 Å². The minimum Gasteiger partial charge on any atom is -0.381 e. The van der Waals surface area contributed by atoms with E-state index in [0.717, 1.165) is 25.7 Å². The van der Waals surface area contributed by atoms with Crippen LogP contribution in [0.25, 0.3) is 0 Å². The van der Waals surface area contributed by atoms with Crippen LogP contribution in [0.3, 0.4) is 0 Å². The molecule has 4 nitrogen and oxygen atoms in total. The van der Waals surface area contributed by atoms with Crippen LogP contribution in [0.15, 0.2) is 30.3 Å². The highest BCUT2D eigenvalue weighted by Crippen LogP contribution is 2.47. The summed E-state index contributed by atoms with van der Waals surface area (Å²) in [7, 11) is 1.73. The molecule has 1 aromatic carbocycles. The van der Waals surface area contributed by atoms with E-state index >= 15 is 0 Å². The van der Waals surface area contributed by atoms with Gasteiger partial charge in [-0.05, 0) is 23.8 Å². The van der Waals surface area contributed by atoms with E-state index in [4.69, 9.17) is 9.47 Å². The number of carbonyl (C=O) groups is 1. The maximum atomic E-state index is 12.4. The van der Waals surface area contributed by atoms with Gasteiger partial charge in [-0.3, -0.25) is 4.79 Å². The third-order valence-corrected chi connectivity index (χ3v) is 5.66. The Hall–Kier alpha value is -1.39. The van der Waals surface area contributed by atoms with Gasteiger partial charge in [0.05, 0.1) is 5.60 Å². The van der Waals surface area contributed by atoms with Crippen molar-refractivity contribution in [3.8, 4) is 0 Å². The summed E-state index contributed by atoms with van der Waals surface area (Å²) in [5.74, 6) is 0.287. The number of nitrogens with one attached hydrogen (secondary N) is 1. The summed E-state index contributed by atoms with van der Waals surface area (Å²) < 4.78 is 11.1. The van der Waals surface area contributed by atoms with E-state index in [0.29, 0.717) is 19.8 Å². The molecule has 3 rings (SSSR count). The molecular formula is C19H27NO3. The third-order valence-electron chi connectivity index (χ3n) is 5.66. The molecule has 126 valence electrons. The lowest BCUT2D eigenvalue weighted by atomic mass is 9.59. The fraction of sp³-hybridized carbons (Fsp3) is 0.632. The van der Waals surface area contributed by atoms with Gasteiger partial charge in [0.2, 0.25) is 5.91 Å². The Morgan fingerprint density at radius 2 is 1.91 bits per heavy atom. The van der Waals surface area contributed by atoms with Gasteiger partial charge in [-0.15, -0.1) is 0 Å². The second-order valence-electron chi connectivity index (χ2n) is 7.25.